The minimum Gasteiger partial charge on any atom is -0.264 e. The summed E-state index contributed by atoms with van der Waals surface area (Å²) in [6, 6.07) is 7.58. The average Bonchev–Trinajstić information content (AvgIpc) is 2.51. The molecule has 0 radical (unpaired) electrons. The van der Waals surface area contributed by atoms with Crippen LogP contribution in [0.4, 0.5) is 8.78 Å². The molecule has 0 atom stereocenters. The quantitative estimate of drug-likeness (QED) is 0.698. The lowest BCUT2D eigenvalue weighted by Crippen LogP contribution is -1.99. The van der Waals surface area contributed by atoms with E-state index >= 15 is 0 Å². The van der Waals surface area contributed by atoms with E-state index in [9.17, 15) is 8.78 Å². The van der Waals surface area contributed by atoms with E-state index in [1.807, 2.05) is 25.1 Å². The van der Waals surface area contributed by atoms with Crippen LogP contribution in [0.5, 0.6) is 0 Å². The Labute approximate surface area is 129 Å². The lowest BCUT2D eigenvalue weighted by atomic mass is 9.97. The first-order chi connectivity index (χ1) is 10.5. The molecule has 2 aromatic rings. The number of allylic oxidation sites excluding steroid dienone is 4. The summed E-state index contributed by atoms with van der Waals surface area (Å²) in [5.74, 6) is -1.11. The lowest BCUT2D eigenvalue weighted by Gasteiger charge is -2.09. The monoisotopic (exact) mass is 297 g/mol. The molecular weight excluding hydrogens is 280 g/mol. The fourth-order valence-electron chi connectivity index (χ4n) is 2.05. The molecule has 0 bridgehead atoms. The predicted molar refractivity (Wildman–Crippen MR) is 86.2 cm³/mol. The fourth-order valence-corrected chi connectivity index (χ4v) is 2.05. The Kier molecular flexibility index (Phi) is 4.99. The maximum absolute atomic E-state index is 13.7. The number of benzene rings is 1. The van der Waals surface area contributed by atoms with Gasteiger partial charge in [0, 0.05) is 24.4 Å². The van der Waals surface area contributed by atoms with Crippen LogP contribution in [-0.4, -0.2) is 4.98 Å². The van der Waals surface area contributed by atoms with Gasteiger partial charge < -0.3 is 0 Å². The van der Waals surface area contributed by atoms with Gasteiger partial charge in [-0.25, -0.2) is 8.78 Å². The largest absolute Gasteiger partial charge is 0.264 e. The van der Waals surface area contributed by atoms with Gasteiger partial charge in [-0.1, -0.05) is 31.4 Å². The maximum Gasteiger partial charge on any atom is 0.129 e. The van der Waals surface area contributed by atoms with Crippen molar-refractivity contribution in [3.63, 3.8) is 0 Å². The zero-order chi connectivity index (χ0) is 16.1. The number of nitrogens with zero attached hydrogens (tertiary/aromatic N) is 1. The van der Waals surface area contributed by atoms with Crippen molar-refractivity contribution in [1.82, 2.24) is 4.98 Å². The first-order valence-electron chi connectivity index (χ1n) is 6.87. The highest BCUT2D eigenvalue weighted by atomic mass is 19.1. The summed E-state index contributed by atoms with van der Waals surface area (Å²) in [7, 11) is 0. The molecule has 0 aliphatic heterocycles. The molecule has 22 heavy (non-hydrogen) atoms. The Morgan fingerprint density at radius 2 is 1.82 bits per heavy atom. The van der Waals surface area contributed by atoms with Crippen molar-refractivity contribution < 1.29 is 8.78 Å². The topological polar surface area (TPSA) is 12.9 Å². The van der Waals surface area contributed by atoms with Gasteiger partial charge in [-0.3, -0.25) is 4.98 Å². The second-order valence-corrected chi connectivity index (χ2v) is 5.07. The molecule has 0 aliphatic carbocycles. The molecule has 2 rings (SSSR count). The van der Waals surface area contributed by atoms with Crippen LogP contribution in [0.1, 0.15) is 18.1 Å². The van der Waals surface area contributed by atoms with Gasteiger partial charge >= 0.3 is 0 Å². The Morgan fingerprint density at radius 1 is 1.14 bits per heavy atom. The summed E-state index contributed by atoms with van der Waals surface area (Å²) in [6.45, 7) is 9.75. The van der Waals surface area contributed by atoms with Crippen LogP contribution < -0.4 is 0 Å². The molecule has 112 valence electrons. The van der Waals surface area contributed by atoms with E-state index in [1.165, 1.54) is 18.2 Å². The number of halogens is 2. The van der Waals surface area contributed by atoms with Gasteiger partial charge in [0.25, 0.3) is 0 Å². The smallest absolute Gasteiger partial charge is 0.129 e. The highest BCUT2D eigenvalue weighted by molar-refractivity contribution is 5.73. The van der Waals surface area contributed by atoms with E-state index in [4.69, 9.17) is 0 Å². The standard InChI is InChI=1S/C19H17F2N/c1-13(10-15(3)16-6-5-9-22-12-16)14(2)11-17-18(20)7-4-8-19(17)21/h4-10,12H,2-3,11H2,1H3/b13-10+. The summed E-state index contributed by atoms with van der Waals surface area (Å²) >= 11 is 0. The summed E-state index contributed by atoms with van der Waals surface area (Å²) in [5.41, 5.74) is 3.19. The Hall–Kier alpha value is -2.55. The van der Waals surface area contributed by atoms with E-state index < -0.39 is 11.6 Å². The van der Waals surface area contributed by atoms with E-state index in [0.29, 0.717) is 5.57 Å². The molecule has 0 saturated carbocycles. The minimum absolute atomic E-state index is 0.0345. The molecule has 3 heteroatoms. The molecule has 1 nitrogen and oxygen atoms in total. The van der Waals surface area contributed by atoms with Crippen LogP contribution in [0, 0.1) is 11.6 Å². The van der Waals surface area contributed by atoms with E-state index in [1.54, 1.807) is 12.4 Å². The number of pyridine rings is 1. The molecular formula is C19H17F2N. The predicted octanol–water partition coefficient (Wildman–Crippen LogP) is 5.12. The van der Waals surface area contributed by atoms with Crippen molar-refractivity contribution >= 4 is 5.57 Å². The van der Waals surface area contributed by atoms with Crippen molar-refractivity contribution in [2.45, 2.75) is 13.3 Å². The first kappa shape index (κ1) is 15.8. The lowest BCUT2D eigenvalue weighted by molar-refractivity contribution is 0.561. The minimum atomic E-state index is -0.556. The Bertz CT molecular complexity index is 710. The van der Waals surface area contributed by atoms with Crippen molar-refractivity contribution in [2.75, 3.05) is 0 Å². The molecule has 0 unspecified atom stereocenters. The van der Waals surface area contributed by atoms with Gasteiger partial charge in [0.15, 0.2) is 0 Å². The number of aromatic nitrogens is 1. The molecule has 1 aromatic carbocycles. The SMILES string of the molecule is C=C(Cc1c(F)cccc1F)/C(C)=C/C(=C)c1cccnc1. The third-order valence-electron chi connectivity index (χ3n) is 3.43. The molecule has 1 heterocycles. The molecule has 0 saturated heterocycles. The average molecular weight is 297 g/mol. The van der Waals surface area contributed by atoms with Gasteiger partial charge in [0.05, 0.1) is 0 Å². The third-order valence-corrected chi connectivity index (χ3v) is 3.43. The third kappa shape index (κ3) is 3.76. The molecule has 1 aromatic heterocycles. The van der Waals surface area contributed by atoms with Crippen LogP contribution in [0.3, 0.4) is 0 Å². The summed E-state index contributed by atoms with van der Waals surface area (Å²) in [4.78, 5) is 4.04. The number of rotatable bonds is 5. The Morgan fingerprint density at radius 3 is 2.41 bits per heavy atom. The van der Waals surface area contributed by atoms with Crippen molar-refractivity contribution in [2.24, 2.45) is 0 Å². The zero-order valence-corrected chi connectivity index (χ0v) is 12.4. The summed E-state index contributed by atoms with van der Waals surface area (Å²) in [6.07, 6.45) is 5.37. The number of hydrogen-bond donors (Lipinski definition) is 0. The van der Waals surface area contributed by atoms with E-state index in [2.05, 4.69) is 18.1 Å². The van der Waals surface area contributed by atoms with Crippen LogP contribution in [-0.2, 0) is 6.42 Å². The van der Waals surface area contributed by atoms with Crippen molar-refractivity contribution in [3.8, 4) is 0 Å². The highest BCUT2D eigenvalue weighted by Gasteiger charge is 2.10. The molecule has 0 spiro atoms. The van der Waals surface area contributed by atoms with E-state index in [-0.39, 0.29) is 12.0 Å². The number of hydrogen-bond acceptors (Lipinski definition) is 1. The fraction of sp³-hybridized carbons (Fsp3) is 0.105. The van der Waals surface area contributed by atoms with Crippen LogP contribution >= 0.6 is 0 Å². The van der Waals surface area contributed by atoms with Crippen LogP contribution in [0.15, 0.2) is 73.1 Å². The maximum atomic E-state index is 13.7. The first-order valence-corrected chi connectivity index (χ1v) is 6.87. The second-order valence-electron chi connectivity index (χ2n) is 5.07. The van der Waals surface area contributed by atoms with Gasteiger partial charge in [0.2, 0.25) is 0 Å². The Balaban J connectivity index is 2.16. The van der Waals surface area contributed by atoms with Crippen LogP contribution in [0.2, 0.25) is 0 Å². The van der Waals surface area contributed by atoms with Gasteiger partial charge in [0.1, 0.15) is 11.6 Å². The highest BCUT2D eigenvalue weighted by Crippen LogP contribution is 2.22. The normalized spacial score (nSPS) is 11.3. The van der Waals surface area contributed by atoms with Crippen molar-refractivity contribution in [1.29, 1.82) is 0 Å². The summed E-state index contributed by atoms with van der Waals surface area (Å²) < 4.78 is 27.4. The molecule has 0 amide bonds. The molecule has 0 N–H and O–H groups in total. The van der Waals surface area contributed by atoms with Gasteiger partial charge in [-0.05, 0) is 47.4 Å². The van der Waals surface area contributed by atoms with Gasteiger partial charge in [-0.15, -0.1) is 0 Å². The van der Waals surface area contributed by atoms with Crippen LogP contribution in [0.25, 0.3) is 5.57 Å². The van der Waals surface area contributed by atoms with Gasteiger partial charge in [-0.2, -0.15) is 0 Å². The van der Waals surface area contributed by atoms with E-state index in [0.717, 1.165) is 16.7 Å². The second kappa shape index (κ2) is 6.94. The zero-order valence-electron chi connectivity index (χ0n) is 12.4. The molecule has 0 fully saturated rings. The molecule has 0 aliphatic rings. The summed E-state index contributed by atoms with van der Waals surface area (Å²) in [5, 5.41) is 0. The van der Waals surface area contributed by atoms with Crippen molar-refractivity contribution in [3.05, 3.63) is 95.9 Å².